The topological polar surface area (TPSA) is 69.7 Å². The van der Waals surface area contributed by atoms with Gasteiger partial charge in [0.05, 0.1) is 0 Å². The van der Waals surface area contributed by atoms with Gasteiger partial charge in [-0.3, -0.25) is 14.5 Å². The normalized spacial score (nSPS) is 22.8. The van der Waals surface area contributed by atoms with Crippen LogP contribution in [0.1, 0.15) is 23.4 Å². The van der Waals surface area contributed by atoms with Gasteiger partial charge in [-0.25, -0.2) is 9.18 Å². The number of benzene rings is 3. The predicted molar refractivity (Wildman–Crippen MR) is 125 cm³/mol. The average molecular weight is 464 g/mol. The van der Waals surface area contributed by atoms with E-state index in [2.05, 4.69) is 5.32 Å². The number of hydrogen-bond acceptors (Lipinski definition) is 4. The molecule has 0 bridgehead atoms. The molecule has 0 aliphatic carbocycles. The molecular formula is C25H22FN3O3S. The summed E-state index contributed by atoms with van der Waals surface area (Å²) in [7, 11) is 0. The summed E-state index contributed by atoms with van der Waals surface area (Å²) >= 11 is 1.46. The van der Waals surface area contributed by atoms with Crippen molar-refractivity contribution in [2.24, 2.45) is 0 Å². The lowest BCUT2D eigenvalue weighted by molar-refractivity contribution is -0.139. The highest BCUT2D eigenvalue weighted by Gasteiger charge is 2.50. The fraction of sp³-hybridized carbons (Fsp3) is 0.240. The Hall–Kier alpha value is -3.39. The van der Waals surface area contributed by atoms with Gasteiger partial charge in [-0.05, 0) is 35.4 Å². The second-order valence-corrected chi connectivity index (χ2v) is 9.53. The van der Waals surface area contributed by atoms with E-state index < -0.39 is 22.9 Å². The van der Waals surface area contributed by atoms with Gasteiger partial charge in [0.2, 0.25) is 5.91 Å². The number of carbonyl (C=O) groups excluding carboxylic acids is 3. The number of hydrogen-bond donors (Lipinski definition) is 1. The highest BCUT2D eigenvalue weighted by molar-refractivity contribution is 7.99. The molecule has 2 fully saturated rings. The zero-order valence-electron chi connectivity index (χ0n) is 18.0. The molecule has 2 saturated heterocycles. The first-order valence-corrected chi connectivity index (χ1v) is 11.7. The molecule has 5 rings (SSSR count). The van der Waals surface area contributed by atoms with Gasteiger partial charge in [-0.15, -0.1) is 11.8 Å². The first-order valence-electron chi connectivity index (χ1n) is 10.7. The summed E-state index contributed by atoms with van der Waals surface area (Å²) in [4.78, 5) is 41.7. The minimum atomic E-state index is -1.27. The summed E-state index contributed by atoms with van der Waals surface area (Å²) in [5.74, 6) is -0.599. The number of nitrogens with one attached hydrogen (secondary N) is 1. The molecule has 3 aromatic carbocycles. The number of imide groups is 1. The summed E-state index contributed by atoms with van der Waals surface area (Å²) in [5, 5.41) is 4.26. The first-order chi connectivity index (χ1) is 15.9. The van der Waals surface area contributed by atoms with Gasteiger partial charge in [0.25, 0.3) is 5.91 Å². The number of urea groups is 1. The molecule has 0 aromatic heterocycles. The molecule has 1 N–H and O–H groups in total. The summed E-state index contributed by atoms with van der Waals surface area (Å²) in [6.07, 6.45) is 0. The lowest BCUT2D eigenvalue weighted by atomic mass is 9.90. The highest BCUT2D eigenvalue weighted by Crippen LogP contribution is 2.39. The van der Waals surface area contributed by atoms with Crippen LogP contribution >= 0.6 is 11.8 Å². The molecule has 0 spiro atoms. The largest absolute Gasteiger partial charge is 0.325 e. The minimum Gasteiger partial charge on any atom is -0.324 e. The van der Waals surface area contributed by atoms with E-state index >= 15 is 0 Å². The number of halogens is 1. The molecule has 0 unspecified atom stereocenters. The van der Waals surface area contributed by atoms with E-state index in [1.807, 2.05) is 42.5 Å². The Bertz CT molecular complexity index is 1280. The van der Waals surface area contributed by atoms with E-state index in [4.69, 9.17) is 0 Å². The molecular weight excluding hydrogens is 441 g/mol. The number of carbonyl (C=O) groups is 3. The monoisotopic (exact) mass is 463 g/mol. The van der Waals surface area contributed by atoms with E-state index in [9.17, 15) is 18.8 Å². The minimum absolute atomic E-state index is 0.381. The Balaban J connectivity index is 1.37. The van der Waals surface area contributed by atoms with Crippen molar-refractivity contribution in [3.63, 3.8) is 0 Å². The van der Waals surface area contributed by atoms with Crippen LogP contribution < -0.4 is 5.32 Å². The molecule has 2 aliphatic heterocycles. The number of rotatable bonds is 4. The van der Waals surface area contributed by atoms with E-state index in [0.717, 1.165) is 15.7 Å². The lowest BCUT2D eigenvalue weighted by Gasteiger charge is -2.26. The number of thioether (sulfide) groups is 1. The van der Waals surface area contributed by atoms with Crippen molar-refractivity contribution in [3.8, 4) is 0 Å². The maximum atomic E-state index is 14.3. The molecule has 0 saturated carbocycles. The van der Waals surface area contributed by atoms with Gasteiger partial charge in [0.15, 0.2) is 0 Å². The van der Waals surface area contributed by atoms with Crippen molar-refractivity contribution >= 4 is 40.4 Å². The van der Waals surface area contributed by atoms with E-state index in [1.165, 1.54) is 22.7 Å². The van der Waals surface area contributed by atoms with Crippen LogP contribution in [0.15, 0.2) is 66.7 Å². The third-order valence-corrected chi connectivity index (χ3v) is 7.52. The van der Waals surface area contributed by atoms with Gasteiger partial charge >= 0.3 is 6.03 Å². The van der Waals surface area contributed by atoms with Gasteiger partial charge < -0.3 is 10.2 Å². The van der Waals surface area contributed by atoms with Crippen molar-refractivity contribution in [1.82, 2.24) is 15.1 Å². The van der Waals surface area contributed by atoms with Crippen molar-refractivity contribution in [2.45, 2.75) is 17.8 Å². The summed E-state index contributed by atoms with van der Waals surface area (Å²) < 4.78 is 14.3. The molecule has 6 nitrogen and oxygen atoms in total. The Kier molecular flexibility index (Phi) is 5.32. The fourth-order valence-corrected chi connectivity index (χ4v) is 5.72. The van der Waals surface area contributed by atoms with Crippen LogP contribution in [0.4, 0.5) is 9.18 Å². The van der Waals surface area contributed by atoms with Crippen LogP contribution in [0, 0.1) is 5.82 Å². The standard InChI is InChI=1S/C25H22FN3O3S/c1-25(18-11-10-16-6-2-3-7-17(16)14-18)23(31)29(24(32)27-25)15-21(30)28-12-13-33-22(28)19-8-4-5-9-20(19)26/h2-11,14,22H,12-13,15H2,1H3,(H,27,32)/t22-,25+/m1/s1. The zero-order valence-corrected chi connectivity index (χ0v) is 18.8. The second kappa shape index (κ2) is 8.19. The van der Waals surface area contributed by atoms with Crippen LogP contribution in [0.3, 0.4) is 0 Å². The number of amides is 4. The lowest BCUT2D eigenvalue weighted by Crippen LogP contribution is -2.44. The third-order valence-electron chi connectivity index (χ3n) is 6.28. The molecule has 8 heteroatoms. The van der Waals surface area contributed by atoms with E-state index in [1.54, 1.807) is 25.1 Å². The van der Waals surface area contributed by atoms with Gasteiger partial charge in [0, 0.05) is 17.9 Å². The molecule has 2 aliphatic rings. The van der Waals surface area contributed by atoms with Gasteiger partial charge in [0.1, 0.15) is 23.3 Å². The Morgan fingerprint density at radius 2 is 1.82 bits per heavy atom. The van der Waals surface area contributed by atoms with Crippen LogP contribution in [-0.4, -0.2) is 46.5 Å². The quantitative estimate of drug-likeness (QED) is 0.594. The Morgan fingerprint density at radius 1 is 1.09 bits per heavy atom. The highest BCUT2D eigenvalue weighted by atomic mass is 32.2. The molecule has 2 heterocycles. The average Bonchev–Trinajstić information content (AvgIpc) is 3.39. The SMILES string of the molecule is C[C@@]1(c2ccc3ccccc3c2)NC(=O)N(CC(=O)N2CCS[C@@H]2c2ccccc2F)C1=O. The summed E-state index contributed by atoms with van der Waals surface area (Å²) in [6.45, 7) is 1.68. The Labute approximate surface area is 194 Å². The van der Waals surface area contributed by atoms with Crippen molar-refractivity contribution in [1.29, 1.82) is 0 Å². The predicted octanol–water partition coefficient (Wildman–Crippen LogP) is 4.02. The van der Waals surface area contributed by atoms with E-state index in [-0.39, 0.29) is 18.3 Å². The van der Waals surface area contributed by atoms with Gasteiger partial charge in [-0.1, -0.05) is 54.6 Å². The molecule has 3 aromatic rings. The van der Waals surface area contributed by atoms with Crippen LogP contribution in [0.2, 0.25) is 0 Å². The van der Waals surface area contributed by atoms with Crippen LogP contribution in [0.5, 0.6) is 0 Å². The maximum absolute atomic E-state index is 14.3. The first kappa shape index (κ1) is 21.5. The molecule has 2 atom stereocenters. The zero-order chi connectivity index (χ0) is 23.2. The smallest absolute Gasteiger partial charge is 0.324 e. The number of nitrogens with zero attached hydrogens (tertiary/aromatic N) is 2. The van der Waals surface area contributed by atoms with Crippen LogP contribution in [-0.2, 0) is 15.1 Å². The maximum Gasteiger partial charge on any atom is 0.325 e. The third kappa shape index (κ3) is 3.64. The summed E-state index contributed by atoms with van der Waals surface area (Å²) in [6, 6.07) is 19.1. The van der Waals surface area contributed by atoms with Gasteiger partial charge in [-0.2, -0.15) is 0 Å². The fourth-order valence-electron chi connectivity index (χ4n) is 4.42. The van der Waals surface area contributed by atoms with E-state index in [0.29, 0.717) is 23.4 Å². The second-order valence-electron chi connectivity index (χ2n) is 8.34. The number of fused-ring (bicyclic) bond motifs is 1. The van der Waals surface area contributed by atoms with Crippen molar-refractivity contribution in [2.75, 3.05) is 18.8 Å². The summed E-state index contributed by atoms with van der Waals surface area (Å²) in [5.41, 5.74) is -0.200. The van der Waals surface area contributed by atoms with Crippen molar-refractivity contribution in [3.05, 3.63) is 83.7 Å². The van der Waals surface area contributed by atoms with Crippen LogP contribution in [0.25, 0.3) is 10.8 Å². The Morgan fingerprint density at radius 3 is 2.61 bits per heavy atom. The molecule has 4 amide bonds. The van der Waals surface area contributed by atoms with Crippen molar-refractivity contribution < 1.29 is 18.8 Å². The molecule has 33 heavy (non-hydrogen) atoms. The molecule has 0 radical (unpaired) electrons. The molecule has 168 valence electrons.